The Morgan fingerprint density at radius 3 is 2.76 bits per heavy atom. The van der Waals surface area contributed by atoms with Crippen LogP contribution in [-0.4, -0.2) is 26.9 Å². The standard InChI is InChI=1S/C15H19ClN4O/c1-11(2)14(10-20-8-7-17-19-20)18-15(21)9-12-5-3-4-6-13(12)16/h3-8,11,14H,9-10H2,1-2H3,(H,18,21). The molecule has 0 radical (unpaired) electrons. The monoisotopic (exact) mass is 306 g/mol. The number of hydrogen-bond donors (Lipinski definition) is 1. The number of carbonyl (C=O) groups excluding carboxylic acids is 1. The molecule has 1 unspecified atom stereocenters. The van der Waals surface area contributed by atoms with Crippen molar-refractivity contribution in [3.05, 3.63) is 47.2 Å². The van der Waals surface area contributed by atoms with Crippen molar-refractivity contribution in [2.24, 2.45) is 5.92 Å². The van der Waals surface area contributed by atoms with E-state index in [0.717, 1.165) is 5.56 Å². The van der Waals surface area contributed by atoms with Gasteiger partial charge in [-0.3, -0.25) is 9.48 Å². The van der Waals surface area contributed by atoms with Gasteiger partial charge in [0.25, 0.3) is 0 Å². The van der Waals surface area contributed by atoms with Gasteiger partial charge in [-0.1, -0.05) is 48.9 Å². The summed E-state index contributed by atoms with van der Waals surface area (Å²) in [6.45, 7) is 4.74. The minimum Gasteiger partial charge on any atom is -0.351 e. The van der Waals surface area contributed by atoms with Gasteiger partial charge in [0.05, 0.1) is 25.2 Å². The average molecular weight is 307 g/mol. The molecule has 0 saturated carbocycles. The third-order valence-corrected chi connectivity index (χ3v) is 3.68. The van der Waals surface area contributed by atoms with Gasteiger partial charge in [0.15, 0.2) is 0 Å². The van der Waals surface area contributed by atoms with Crippen LogP contribution in [0, 0.1) is 5.92 Å². The molecule has 5 nitrogen and oxygen atoms in total. The molecule has 1 aromatic heterocycles. The van der Waals surface area contributed by atoms with Crippen LogP contribution >= 0.6 is 11.6 Å². The van der Waals surface area contributed by atoms with Gasteiger partial charge in [-0.15, -0.1) is 5.10 Å². The molecule has 0 aliphatic carbocycles. The van der Waals surface area contributed by atoms with Crippen LogP contribution < -0.4 is 5.32 Å². The molecule has 1 N–H and O–H groups in total. The summed E-state index contributed by atoms with van der Waals surface area (Å²) in [5.41, 5.74) is 0.833. The van der Waals surface area contributed by atoms with Crippen molar-refractivity contribution in [3.63, 3.8) is 0 Å². The highest BCUT2D eigenvalue weighted by molar-refractivity contribution is 6.31. The first-order chi connectivity index (χ1) is 10.1. The van der Waals surface area contributed by atoms with Crippen molar-refractivity contribution in [3.8, 4) is 0 Å². The lowest BCUT2D eigenvalue weighted by Gasteiger charge is -2.22. The summed E-state index contributed by atoms with van der Waals surface area (Å²) in [4.78, 5) is 12.2. The number of hydrogen-bond acceptors (Lipinski definition) is 3. The maximum atomic E-state index is 12.2. The van der Waals surface area contributed by atoms with Gasteiger partial charge in [-0.25, -0.2) is 0 Å². The van der Waals surface area contributed by atoms with Crippen molar-refractivity contribution < 1.29 is 4.79 Å². The van der Waals surface area contributed by atoms with Crippen LogP contribution in [0.15, 0.2) is 36.7 Å². The highest BCUT2D eigenvalue weighted by Gasteiger charge is 2.18. The molecular weight excluding hydrogens is 288 g/mol. The Labute approximate surface area is 129 Å². The van der Waals surface area contributed by atoms with Crippen LogP contribution in [0.5, 0.6) is 0 Å². The number of amides is 1. The number of nitrogens with zero attached hydrogens (tertiary/aromatic N) is 3. The van der Waals surface area contributed by atoms with E-state index < -0.39 is 0 Å². The lowest BCUT2D eigenvalue weighted by molar-refractivity contribution is -0.121. The fourth-order valence-corrected chi connectivity index (χ4v) is 2.23. The normalized spacial score (nSPS) is 12.4. The molecule has 0 saturated heterocycles. The highest BCUT2D eigenvalue weighted by atomic mass is 35.5. The number of halogens is 1. The molecule has 0 spiro atoms. The van der Waals surface area contributed by atoms with Crippen LogP contribution in [0.25, 0.3) is 0 Å². The molecule has 1 aromatic carbocycles. The molecular formula is C15H19ClN4O. The first kappa shape index (κ1) is 15.5. The molecule has 0 fully saturated rings. The largest absolute Gasteiger partial charge is 0.351 e. The van der Waals surface area contributed by atoms with Gasteiger partial charge >= 0.3 is 0 Å². The van der Waals surface area contributed by atoms with Crippen LogP contribution in [0.4, 0.5) is 0 Å². The number of aromatic nitrogens is 3. The zero-order chi connectivity index (χ0) is 15.2. The van der Waals surface area contributed by atoms with Crippen molar-refractivity contribution in [2.75, 3.05) is 0 Å². The topological polar surface area (TPSA) is 59.8 Å². The van der Waals surface area contributed by atoms with Crippen molar-refractivity contribution in [2.45, 2.75) is 32.9 Å². The number of benzene rings is 1. The van der Waals surface area contributed by atoms with E-state index in [1.807, 2.05) is 18.2 Å². The summed E-state index contributed by atoms with van der Waals surface area (Å²) < 4.78 is 1.72. The highest BCUT2D eigenvalue weighted by Crippen LogP contribution is 2.15. The quantitative estimate of drug-likeness (QED) is 0.891. The third kappa shape index (κ3) is 4.56. The third-order valence-electron chi connectivity index (χ3n) is 3.32. The Hall–Kier alpha value is -1.88. The average Bonchev–Trinajstić information content (AvgIpc) is 2.93. The number of nitrogens with one attached hydrogen (secondary N) is 1. The second-order valence-electron chi connectivity index (χ2n) is 5.31. The van der Waals surface area contributed by atoms with E-state index in [1.54, 1.807) is 23.1 Å². The van der Waals surface area contributed by atoms with E-state index >= 15 is 0 Å². The Morgan fingerprint density at radius 2 is 2.14 bits per heavy atom. The molecule has 112 valence electrons. The lowest BCUT2D eigenvalue weighted by Crippen LogP contribution is -2.42. The number of rotatable bonds is 6. The molecule has 21 heavy (non-hydrogen) atoms. The van der Waals surface area contributed by atoms with Gasteiger partial charge in [-0.2, -0.15) is 0 Å². The molecule has 1 amide bonds. The van der Waals surface area contributed by atoms with Gasteiger partial charge in [0.1, 0.15) is 0 Å². The van der Waals surface area contributed by atoms with Crippen LogP contribution in [0.2, 0.25) is 5.02 Å². The molecule has 0 aliphatic rings. The summed E-state index contributed by atoms with van der Waals surface area (Å²) in [6, 6.07) is 7.39. The molecule has 0 aliphatic heterocycles. The minimum atomic E-state index is -0.0399. The lowest BCUT2D eigenvalue weighted by atomic mass is 10.0. The van der Waals surface area contributed by atoms with Crippen LogP contribution in [-0.2, 0) is 17.8 Å². The van der Waals surface area contributed by atoms with E-state index in [1.165, 1.54) is 0 Å². The Morgan fingerprint density at radius 1 is 1.38 bits per heavy atom. The fraction of sp³-hybridized carbons (Fsp3) is 0.400. The predicted molar refractivity (Wildman–Crippen MR) is 81.9 cm³/mol. The fourth-order valence-electron chi connectivity index (χ4n) is 2.03. The molecule has 6 heteroatoms. The molecule has 1 heterocycles. The Balaban J connectivity index is 1.97. The zero-order valence-electron chi connectivity index (χ0n) is 12.2. The summed E-state index contributed by atoms with van der Waals surface area (Å²) in [5.74, 6) is 0.256. The van der Waals surface area contributed by atoms with E-state index in [0.29, 0.717) is 17.5 Å². The smallest absolute Gasteiger partial charge is 0.224 e. The summed E-state index contributed by atoms with van der Waals surface area (Å²) in [6.07, 6.45) is 3.69. The summed E-state index contributed by atoms with van der Waals surface area (Å²) in [5, 5.41) is 11.4. The van der Waals surface area contributed by atoms with E-state index in [9.17, 15) is 4.79 Å². The molecule has 0 bridgehead atoms. The van der Waals surface area contributed by atoms with Gasteiger partial charge < -0.3 is 5.32 Å². The zero-order valence-corrected chi connectivity index (χ0v) is 12.9. The van der Waals surface area contributed by atoms with Crippen molar-refractivity contribution in [1.29, 1.82) is 0 Å². The summed E-state index contributed by atoms with van der Waals surface area (Å²) in [7, 11) is 0. The Kier molecular flexibility index (Phi) is 5.33. The minimum absolute atomic E-state index is 0.00156. The summed E-state index contributed by atoms with van der Waals surface area (Å²) >= 11 is 6.08. The van der Waals surface area contributed by atoms with E-state index in [2.05, 4.69) is 29.5 Å². The van der Waals surface area contributed by atoms with Crippen LogP contribution in [0.1, 0.15) is 19.4 Å². The number of carbonyl (C=O) groups is 1. The van der Waals surface area contributed by atoms with E-state index in [4.69, 9.17) is 11.6 Å². The van der Waals surface area contributed by atoms with Crippen LogP contribution in [0.3, 0.4) is 0 Å². The molecule has 2 rings (SSSR count). The van der Waals surface area contributed by atoms with Crippen molar-refractivity contribution >= 4 is 17.5 Å². The Bertz CT molecular complexity index is 583. The molecule has 2 aromatic rings. The second-order valence-corrected chi connectivity index (χ2v) is 5.72. The van der Waals surface area contributed by atoms with Crippen molar-refractivity contribution in [1.82, 2.24) is 20.3 Å². The van der Waals surface area contributed by atoms with E-state index in [-0.39, 0.29) is 18.4 Å². The first-order valence-corrected chi connectivity index (χ1v) is 7.31. The van der Waals surface area contributed by atoms with Gasteiger partial charge in [-0.05, 0) is 17.5 Å². The van der Waals surface area contributed by atoms with Gasteiger partial charge in [0, 0.05) is 11.2 Å². The maximum absolute atomic E-state index is 12.2. The second kappa shape index (κ2) is 7.22. The predicted octanol–water partition coefficient (Wildman–Crippen LogP) is 2.31. The first-order valence-electron chi connectivity index (χ1n) is 6.93. The molecule has 1 atom stereocenters. The SMILES string of the molecule is CC(C)C(Cn1ccnn1)NC(=O)Cc1ccccc1Cl. The van der Waals surface area contributed by atoms with Gasteiger partial charge in [0.2, 0.25) is 5.91 Å². The maximum Gasteiger partial charge on any atom is 0.224 e.